The molecule has 2 N–H and O–H groups in total. The van der Waals surface area contributed by atoms with E-state index in [4.69, 9.17) is 5.11 Å². The van der Waals surface area contributed by atoms with Gasteiger partial charge in [0.2, 0.25) is 10.0 Å². The maximum Gasteiger partial charge on any atom is 0.232 e. The van der Waals surface area contributed by atoms with E-state index in [-0.39, 0.29) is 17.8 Å². The molecule has 5 heteroatoms. The number of aliphatic hydroxyl groups excluding tert-OH is 1. The van der Waals surface area contributed by atoms with E-state index in [1.54, 1.807) is 6.07 Å². The summed E-state index contributed by atoms with van der Waals surface area (Å²) in [6.45, 7) is 6.22. The summed E-state index contributed by atoms with van der Waals surface area (Å²) in [5, 5.41) is 8.82. The molecular weight excluding hydrogens is 274 g/mol. The minimum absolute atomic E-state index is 0.00226. The fourth-order valence-corrected chi connectivity index (χ4v) is 3.21. The van der Waals surface area contributed by atoms with Crippen LogP contribution in [0, 0.1) is 5.41 Å². The summed E-state index contributed by atoms with van der Waals surface area (Å²) in [5.41, 5.74) is 1.61. The smallest absolute Gasteiger partial charge is 0.232 e. The fourth-order valence-electron chi connectivity index (χ4n) is 1.74. The lowest BCUT2D eigenvalue weighted by molar-refractivity contribution is 0.288. The Morgan fingerprint density at radius 3 is 2.55 bits per heavy atom. The van der Waals surface area contributed by atoms with Crippen LogP contribution in [-0.2, 0) is 16.4 Å². The van der Waals surface area contributed by atoms with Crippen molar-refractivity contribution >= 4 is 15.7 Å². The van der Waals surface area contributed by atoms with Crippen molar-refractivity contribution < 1.29 is 13.5 Å². The van der Waals surface area contributed by atoms with Crippen LogP contribution in [0.25, 0.3) is 0 Å². The van der Waals surface area contributed by atoms with Gasteiger partial charge in [-0.25, -0.2) is 8.42 Å². The van der Waals surface area contributed by atoms with E-state index >= 15 is 0 Å². The molecular formula is C15H25NO3S. The summed E-state index contributed by atoms with van der Waals surface area (Å²) >= 11 is 0. The van der Waals surface area contributed by atoms with Gasteiger partial charge in [-0.1, -0.05) is 32.9 Å². The Morgan fingerprint density at radius 1 is 1.25 bits per heavy atom. The highest BCUT2D eigenvalue weighted by molar-refractivity contribution is 7.92. The highest BCUT2D eigenvalue weighted by atomic mass is 32.2. The minimum Gasteiger partial charge on any atom is -0.396 e. The number of anilines is 1. The van der Waals surface area contributed by atoms with Crippen LogP contribution in [0.2, 0.25) is 0 Å². The molecule has 0 saturated carbocycles. The van der Waals surface area contributed by atoms with Crippen LogP contribution in [0.3, 0.4) is 0 Å². The molecule has 1 rings (SSSR count). The molecule has 0 radical (unpaired) electrons. The van der Waals surface area contributed by atoms with E-state index in [9.17, 15) is 8.42 Å². The second-order valence-corrected chi connectivity index (χ2v) is 8.10. The number of hydrogen-bond donors (Lipinski definition) is 2. The lowest BCUT2D eigenvalue weighted by Gasteiger charge is -2.18. The first kappa shape index (κ1) is 17.0. The van der Waals surface area contributed by atoms with Gasteiger partial charge in [0.25, 0.3) is 0 Å². The third-order valence-corrected chi connectivity index (χ3v) is 4.23. The Balaban J connectivity index is 2.67. The second-order valence-electron chi connectivity index (χ2n) is 6.26. The van der Waals surface area contributed by atoms with Crippen molar-refractivity contribution in [2.24, 2.45) is 5.41 Å². The minimum atomic E-state index is -3.30. The fraction of sp³-hybridized carbons (Fsp3) is 0.600. The second kappa shape index (κ2) is 7.09. The molecule has 0 heterocycles. The predicted molar refractivity (Wildman–Crippen MR) is 83.3 cm³/mol. The van der Waals surface area contributed by atoms with E-state index in [1.807, 2.05) is 39.0 Å². The monoisotopic (exact) mass is 299 g/mol. The number of hydrogen-bond acceptors (Lipinski definition) is 3. The lowest BCUT2D eigenvalue weighted by atomic mass is 9.94. The number of rotatable bonds is 7. The van der Waals surface area contributed by atoms with Gasteiger partial charge in [-0.15, -0.1) is 0 Å². The molecule has 4 nitrogen and oxygen atoms in total. The highest BCUT2D eigenvalue weighted by Gasteiger charge is 2.17. The maximum atomic E-state index is 12.0. The van der Waals surface area contributed by atoms with Crippen LogP contribution in [0.5, 0.6) is 0 Å². The van der Waals surface area contributed by atoms with Crippen molar-refractivity contribution in [3.63, 3.8) is 0 Å². The van der Waals surface area contributed by atoms with E-state index in [0.29, 0.717) is 18.5 Å². The SMILES string of the molecule is CC(C)(C)CCS(=O)(=O)Nc1cccc(CCCO)c1. The van der Waals surface area contributed by atoms with Gasteiger partial charge in [0.1, 0.15) is 0 Å². The van der Waals surface area contributed by atoms with Gasteiger partial charge in [-0.05, 0) is 42.4 Å². The van der Waals surface area contributed by atoms with Crippen LogP contribution in [-0.4, -0.2) is 25.9 Å². The Kier molecular flexibility index (Phi) is 6.02. The number of nitrogens with one attached hydrogen (secondary N) is 1. The topological polar surface area (TPSA) is 66.4 Å². The molecule has 0 aromatic heterocycles. The van der Waals surface area contributed by atoms with Gasteiger partial charge < -0.3 is 5.11 Å². The van der Waals surface area contributed by atoms with Crippen LogP contribution in [0.15, 0.2) is 24.3 Å². The van der Waals surface area contributed by atoms with Crippen LogP contribution >= 0.6 is 0 Å². The molecule has 20 heavy (non-hydrogen) atoms. The van der Waals surface area contributed by atoms with Crippen LogP contribution < -0.4 is 4.72 Å². The standard InChI is InChI=1S/C15H25NO3S/c1-15(2,3)9-11-20(18,19)16-14-8-4-6-13(12-14)7-5-10-17/h4,6,8,12,16-17H,5,7,9-11H2,1-3H3. The summed E-state index contributed by atoms with van der Waals surface area (Å²) in [5.74, 6) is 0.122. The zero-order valence-corrected chi connectivity index (χ0v) is 13.3. The van der Waals surface area contributed by atoms with Crippen molar-refractivity contribution in [2.75, 3.05) is 17.1 Å². The summed E-state index contributed by atoms with van der Waals surface area (Å²) in [6.07, 6.45) is 2.04. The lowest BCUT2D eigenvalue weighted by Crippen LogP contribution is -2.20. The molecule has 0 atom stereocenters. The van der Waals surface area contributed by atoms with Crippen molar-refractivity contribution in [1.82, 2.24) is 0 Å². The normalized spacial score (nSPS) is 12.4. The summed E-state index contributed by atoms with van der Waals surface area (Å²) in [6, 6.07) is 7.33. The quantitative estimate of drug-likeness (QED) is 0.813. The molecule has 0 spiro atoms. The van der Waals surface area contributed by atoms with Gasteiger partial charge in [0.15, 0.2) is 0 Å². The molecule has 1 aromatic carbocycles. The highest BCUT2D eigenvalue weighted by Crippen LogP contribution is 2.20. The van der Waals surface area contributed by atoms with Gasteiger partial charge in [0.05, 0.1) is 5.75 Å². The molecule has 1 aromatic rings. The number of sulfonamides is 1. The molecule has 0 aliphatic carbocycles. The van der Waals surface area contributed by atoms with Gasteiger partial charge in [-0.3, -0.25) is 4.72 Å². The third kappa shape index (κ3) is 6.91. The summed E-state index contributed by atoms with van der Waals surface area (Å²) < 4.78 is 26.7. The van der Waals surface area contributed by atoms with Crippen molar-refractivity contribution in [3.05, 3.63) is 29.8 Å². The number of aliphatic hydroxyl groups is 1. The van der Waals surface area contributed by atoms with Gasteiger partial charge in [-0.2, -0.15) is 0 Å². The summed E-state index contributed by atoms with van der Waals surface area (Å²) in [7, 11) is -3.30. The Labute approximate surface area is 122 Å². The Bertz CT molecular complexity index is 518. The Hall–Kier alpha value is -1.07. The van der Waals surface area contributed by atoms with Gasteiger partial charge in [0, 0.05) is 12.3 Å². The molecule has 0 unspecified atom stereocenters. The molecule has 114 valence electrons. The first-order valence-corrected chi connectivity index (χ1v) is 8.57. The first-order chi connectivity index (χ1) is 9.22. The Morgan fingerprint density at radius 2 is 1.95 bits per heavy atom. The van der Waals surface area contributed by atoms with E-state index < -0.39 is 10.0 Å². The van der Waals surface area contributed by atoms with E-state index in [2.05, 4.69) is 4.72 Å². The molecule has 0 saturated heterocycles. The zero-order valence-electron chi connectivity index (χ0n) is 12.5. The largest absolute Gasteiger partial charge is 0.396 e. The first-order valence-electron chi connectivity index (χ1n) is 6.92. The average molecular weight is 299 g/mol. The average Bonchev–Trinajstić information content (AvgIpc) is 2.33. The number of aryl methyl sites for hydroxylation is 1. The van der Waals surface area contributed by atoms with Gasteiger partial charge >= 0.3 is 0 Å². The zero-order chi connectivity index (χ0) is 15.2. The van der Waals surface area contributed by atoms with E-state index in [1.165, 1.54) is 0 Å². The van der Waals surface area contributed by atoms with Crippen molar-refractivity contribution in [3.8, 4) is 0 Å². The maximum absolute atomic E-state index is 12.0. The molecule has 0 amide bonds. The van der Waals surface area contributed by atoms with Crippen molar-refractivity contribution in [1.29, 1.82) is 0 Å². The molecule has 0 aliphatic rings. The van der Waals surface area contributed by atoms with Crippen LogP contribution in [0.4, 0.5) is 5.69 Å². The third-order valence-electron chi connectivity index (χ3n) is 2.94. The molecule has 0 aliphatic heterocycles. The van der Waals surface area contributed by atoms with Crippen LogP contribution in [0.1, 0.15) is 39.2 Å². The van der Waals surface area contributed by atoms with Crippen molar-refractivity contribution in [2.45, 2.75) is 40.0 Å². The van der Waals surface area contributed by atoms with E-state index in [0.717, 1.165) is 12.0 Å². The molecule has 0 bridgehead atoms. The summed E-state index contributed by atoms with van der Waals surface area (Å²) in [4.78, 5) is 0. The number of benzene rings is 1. The predicted octanol–water partition coefficient (Wildman–Crippen LogP) is 2.79. The molecule has 0 fully saturated rings.